The van der Waals surface area contributed by atoms with Crippen LogP contribution in [-0.2, 0) is 9.59 Å². The zero-order chi connectivity index (χ0) is 14.1. The molecule has 3 rings (SSSR count). The van der Waals surface area contributed by atoms with E-state index in [2.05, 4.69) is 15.6 Å². The van der Waals surface area contributed by atoms with Gasteiger partial charge in [0.25, 0.3) is 5.91 Å². The van der Waals surface area contributed by atoms with Gasteiger partial charge in [-0.3, -0.25) is 14.9 Å². The van der Waals surface area contributed by atoms with Crippen molar-refractivity contribution in [2.45, 2.75) is 25.8 Å². The summed E-state index contributed by atoms with van der Waals surface area (Å²) < 4.78 is 1.52. The number of imide groups is 1. The maximum absolute atomic E-state index is 11.8. The van der Waals surface area contributed by atoms with Gasteiger partial charge in [-0.15, -0.1) is 5.10 Å². The van der Waals surface area contributed by atoms with Crippen molar-refractivity contribution in [2.24, 2.45) is 0 Å². The summed E-state index contributed by atoms with van der Waals surface area (Å²) in [6.07, 6.45) is 2.53. The van der Waals surface area contributed by atoms with Gasteiger partial charge in [-0.2, -0.15) is 0 Å². The van der Waals surface area contributed by atoms with E-state index in [1.807, 2.05) is 31.2 Å². The standard InChI is InChI=1S/C14H14N4O2/c1-9-2-4-10(5-3-9)11-8-18(17-16-11)12-6-7-13(19)15-14(12)20/h2-5,8,12H,6-7H2,1H3,(H,15,19,20). The van der Waals surface area contributed by atoms with Crippen molar-refractivity contribution in [1.82, 2.24) is 20.3 Å². The van der Waals surface area contributed by atoms with Gasteiger partial charge in [0.15, 0.2) is 0 Å². The van der Waals surface area contributed by atoms with Gasteiger partial charge >= 0.3 is 0 Å². The number of hydrogen-bond donors (Lipinski definition) is 1. The van der Waals surface area contributed by atoms with Crippen molar-refractivity contribution in [3.05, 3.63) is 36.0 Å². The van der Waals surface area contributed by atoms with E-state index in [-0.39, 0.29) is 11.8 Å². The zero-order valence-corrected chi connectivity index (χ0v) is 11.0. The van der Waals surface area contributed by atoms with Gasteiger partial charge in [-0.1, -0.05) is 35.0 Å². The summed E-state index contributed by atoms with van der Waals surface area (Å²) in [4.78, 5) is 22.9. The van der Waals surface area contributed by atoms with Crippen LogP contribution in [0.15, 0.2) is 30.5 Å². The molecular formula is C14H14N4O2. The summed E-state index contributed by atoms with van der Waals surface area (Å²) in [5.74, 6) is -0.549. The van der Waals surface area contributed by atoms with Gasteiger partial charge in [-0.05, 0) is 13.3 Å². The minimum absolute atomic E-state index is 0.231. The van der Waals surface area contributed by atoms with E-state index >= 15 is 0 Å². The van der Waals surface area contributed by atoms with Crippen LogP contribution in [0, 0.1) is 6.92 Å². The Bertz CT molecular complexity index is 660. The quantitative estimate of drug-likeness (QED) is 0.833. The Morgan fingerprint density at radius 2 is 2.00 bits per heavy atom. The summed E-state index contributed by atoms with van der Waals surface area (Å²) in [6, 6.07) is 7.47. The van der Waals surface area contributed by atoms with Crippen molar-refractivity contribution in [1.29, 1.82) is 0 Å². The molecule has 2 aromatic rings. The first-order valence-electron chi connectivity index (χ1n) is 6.46. The molecule has 1 aromatic carbocycles. The van der Waals surface area contributed by atoms with Crippen molar-refractivity contribution in [3.63, 3.8) is 0 Å². The molecule has 1 N–H and O–H groups in total. The molecule has 1 fully saturated rings. The lowest BCUT2D eigenvalue weighted by atomic mass is 10.1. The second-order valence-electron chi connectivity index (χ2n) is 4.92. The summed E-state index contributed by atoms with van der Waals surface area (Å²) in [6.45, 7) is 2.02. The molecule has 102 valence electrons. The van der Waals surface area contributed by atoms with Crippen molar-refractivity contribution < 1.29 is 9.59 Å². The van der Waals surface area contributed by atoms with E-state index in [1.165, 1.54) is 10.2 Å². The molecule has 0 bridgehead atoms. The lowest BCUT2D eigenvalue weighted by molar-refractivity contribution is -0.136. The number of aromatic nitrogens is 3. The number of nitrogens with one attached hydrogen (secondary N) is 1. The minimum atomic E-state index is -0.459. The Kier molecular flexibility index (Phi) is 3.06. The lowest BCUT2D eigenvalue weighted by Gasteiger charge is -2.20. The van der Waals surface area contributed by atoms with Crippen LogP contribution in [0.25, 0.3) is 11.3 Å². The Morgan fingerprint density at radius 1 is 1.25 bits per heavy atom. The predicted molar refractivity (Wildman–Crippen MR) is 71.6 cm³/mol. The Morgan fingerprint density at radius 3 is 2.70 bits per heavy atom. The highest BCUT2D eigenvalue weighted by molar-refractivity contribution is 5.99. The molecule has 1 atom stereocenters. The molecule has 0 spiro atoms. The number of amides is 2. The smallest absolute Gasteiger partial charge is 0.251 e. The number of aryl methyl sites for hydroxylation is 1. The highest BCUT2D eigenvalue weighted by Gasteiger charge is 2.29. The molecule has 0 saturated carbocycles. The molecule has 0 aliphatic carbocycles. The van der Waals surface area contributed by atoms with Crippen molar-refractivity contribution in [3.8, 4) is 11.3 Å². The molecule has 6 nitrogen and oxygen atoms in total. The van der Waals surface area contributed by atoms with Gasteiger partial charge in [0.2, 0.25) is 5.91 Å². The maximum Gasteiger partial charge on any atom is 0.251 e. The van der Waals surface area contributed by atoms with E-state index in [0.717, 1.165) is 11.3 Å². The minimum Gasteiger partial charge on any atom is -0.295 e. The normalized spacial score (nSPS) is 18.9. The Hall–Kier alpha value is -2.50. The number of rotatable bonds is 2. The predicted octanol–water partition coefficient (Wildman–Crippen LogP) is 1.23. The first kappa shape index (κ1) is 12.5. The van der Waals surface area contributed by atoms with E-state index in [1.54, 1.807) is 6.20 Å². The summed E-state index contributed by atoms with van der Waals surface area (Å²) in [7, 11) is 0. The van der Waals surface area contributed by atoms with Gasteiger partial charge in [0.1, 0.15) is 11.7 Å². The van der Waals surface area contributed by atoms with Crippen LogP contribution in [0.4, 0.5) is 0 Å². The van der Waals surface area contributed by atoms with Crippen molar-refractivity contribution >= 4 is 11.8 Å². The topological polar surface area (TPSA) is 76.9 Å². The molecule has 1 saturated heterocycles. The maximum atomic E-state index is 11.8. The molecule has 1 aliphatic heterocycles. The van der Waals surface area contributed by atoms with Gasteiger partial charge in [0.05, 0.1) is 6.20 Å². The average Bonchev–Trinajstić information content (AvgIpc) is 2.89. The fourth-order valence-corrected chi connectivity index (χ4v) is 2.22. The molecule has 2 heterocycles. The second-order valence-corrected chi connectivity index (χ2v) is 4.92. The van der Waals surface area contributed by atoms with Crippen LogP contribution in [0.2, 0.25) is 0 Å². The van der Waals surface area contributed by atoms with E-state index in [9.17, 15) is 9.59 Å². The summed E-state index contributed by atoms with van der Waals surface area (Å²) >= 11 is 0. The third kappa shape index (κ3) is 2.32. The summed E-state index contributed by atoms with van der Waals surface area (Å²) in [5.41, 5.74) is 2.84. The molecule has 0 radical (unpaired) electrons. The van der Waals surface area contributed by atoms with E-state index < -0.39 is 6.04 Å². The molecule has 20 heavy (non-hydrogen) atoms. The van der Waals surface area contributed by atoms with Crippen LogP contribution in [0.1, 0.15) is 24.4 Å². The number of nitrogens with zero attached hydrogens (tertiary/aromatic N) is 3. The van der Waals surface area contributed by atoms with Crippen LogP contribution in [0.5, 0.6) is 0 Å². The monoisotopic (exact) mass is 270 g/mol. The number of benzene rings is 1. The fourth-order valence-electron chi connectivity index (χ4n) is 2.22. The molecule has 1 unspecified atom stereocenters. The largest absolute Gasteiger partial charge is 0.295 e. The fraction of sp³-hybridized carbons (Fsp3) is 0.286. The number of hydrogen-bond acceptors (Lipinski definition) is 4. The number of piperidine rings is 1. The Balaban J connectivity index is 1.85. The first-order valence-corrected chi connectivity index (χ1v) is 6.46. The highest BCUT2D eigenvalue weighted by Crippen LogP contribution is 2.21. The molecule has 2 amide bonds. The van der Waals surface area contributed by atoms with Crippen molar-refractivity contribution in [2.75, 3.05) is 0 Å². The van der Waals surface area contributed by atoms with Gasteiger partial charge in [0, 0.05) is 12.0 Å². The summed E-state index contributed by atoms with van der Waals surface area (Å²) in [5, 5.41) is 10.4. The van der Waals surface area contributed by atoms with Gasteiger partial charge in [-0.25, -0.2) is 4.68 Å². The van der Waals surface area contributed by atoms with Crippen LogP contribution >= 0.6 is 0 Å². The number of carbonyl (C=O) groups excluding carboxylic acids is 2. The van der Waals surface area contributed by atoms with E-state index in [4.69, 9.17) is 0 Å². The molecular weight excluding hydrogens is 256 g/mol. The van der Waals surface area contributed by atoms with Gasteiger partial charge < -0.3 is 0 Å². The molecule has 6 heteroatoms. The number of carbonyl (C=O) groups is 2. The molecule has 1 aliphatic rings. The van der Waals surface area contributed by atoms with Crippen LogP contribution in [-0.4, -0.2) is 26.8 Å². The highest BCUT2D eigenvalue weighted by atomic mass is 16.2. The third-order valence-electron chi connectivity index (χ3n) is 3.39. The van der Waals surface area contributed by atoms with Crippen LogP contribution in [0.3, 0.4) is 0 Å². The molecule has 1 aromatic heterocycles. The zero-order valence-electron chi connectivity index (χ0n) is 11.0. The lowest BCUT2D eigenvalue weighted by Crippen LogP contribution is -2.41. The second kappa shape index (κ2) is 4.88. The SMILES string of the molecule is Cc1ccc(-c2cn(C3CCC(=O)NC3=O)nn2)cc1. The first-order chi connectivity index (χ1) is 9.63. The third-order valence-corrected chi connectivity index (χ3v) is 3.39. The Labute approximate surface area is 115 Å². The van der Waals surface area contributed by atoms with E-state index in [0.29, 0.717) is 12.8 Å². The van der Waals surface area contributed by atoms with Crippen LogP contribution < -0.4 is 5.32 Å². The average molecular weight is 270 g/mol.